The van der Waals surface area contributed by atoms with Gasteiger partial charge in [0.15, 0.2) is 5.58 Å². The lowest BCUT2D eigenvalue weighted by Crippen LogP contribution is -1.88. The topological polar surface area (TPSA) is 38.9 Å². The molecule has 4 heteroatoms. The zero-order valence-electron chi connectivity index (χ0n) is 26.9. The van der Waals surface area contributed by atoms with Gasteiger partial charge in [0, 0.05) is 31.1 Å². The predicted octanol–water partition coefficient (Wildman–Crippen LogP) is 13.1. The summed E-state index contributed by atoms with van der Waals surface area (Å²) < 4.78 is 9.09. The maximum absolute atomic E-state index is 6.46. The molecule has 0 unspecified atom stereocenters. The Morgan fingerprint density at radius 3 is 1.74 bits per heavy atom. The summed E-state index contributed by atoms with van der Waals surface area (Å²) in [6.45, 7) is 0. The van der Waals surface area contributed by atoms with Crippen molar-refractivity contribution < 1.29 is 4.42 Å². The van der Waals surface area contributed by atoms with Crippen molar-refractivity contribution in [3.8, 4) is 55.8 Å². The molecule has 0 saturated heterocycles. The fourth-order valence-corrected chi connectivity index (χ4v) is 8.22. The molecule has 0 amide bonds. The van der Waals surface area contributed by atoms with Crippen LogP contribution < -0.4 is 0 Å². The molecule has 0 bridgehead atoms. The monoisotopic (exact) mass is 656 g/mol. The lowest BCUT2D eigenvalue weighted by atomic mass is 9.97. The van der Waals surface area contributed by atoms with Gasteiger partial charge < -0.3 is 4.42 Å². The minimum atomic E-state index is 0.696. The highest BCUT2D eigenvalue weighted by Gasteiger charge is 2.16. The van der Waals surface area contributed by atoms with E-state index in [1.807, 2.05) is 23.5 Å². The highest BCUT2D eigenvalue weighted by molar-refractivity contribution is 7.25. The molecule has 0 saturated carbocycles. The molecular weight excluding hydrogens is 629 g/mol. The summed E-state index contributed by atoms with van der Waals surface area (Å²) >= 11 is 1.85. The number of nitrogens with zero attached hydrogens (tertiary/aromatic N) is 2. The number of benzene rings is 7. The van der Waals surface area contributed by atoms with Gasteiger partial charge in [-0.15, -0.1) is 11.3 Å². The SMILES string of the molecule is c1ccc(-c2ccc(-c3ccc4oc5c(-c6cccc(-c7cccc(-c8ccc9c(c8)sc8ccccc89)c7)c6)ncnc5c4c3)cc2)cc1. The summed E-state index contributed by atoms with van der Waals surface area (Å²) in [5.41, 5.74) is 13.4. The first-order chi connectivity index (χ1) is 24.7. The second kappa shape index (κ2) is 11.7. The van der Waals surface area contributed by atoms with Crippen LogP contribution in [0.15, 0.2) is 175 Å². The second-order valence-corrected chi connectivity index (χ2v) is 13.7. The Morgan fingerprint density at radius 1 is 0.380 bits per heavy atom. The van der Waals surface area contributed by atoms with Crippen LogP contribution in [-0.2, 0) is 0 Å². The third kappa shape index (κ3) is 4.89. The van der Waals surface area contributed by atoms with Crippen molar-refractivity contribution in [2.45, 2.75) is 0 Å². The molecule has 7 aromatic carbocycles. The average molecular weight is 657 g/mol. The van der Waals surface area contributed by atoms with E-state index in [1.165, 1.54) is 42.4 Å². The fraction of sp³-hybridized carbons (Fsp3) is 0. The van der Waals surface area contributed by atoms with Crippen molar-refractivity contribution in [1.82, 2.24) is 9.97 Å². The summed E-state index contributed by atoms with van der Waals surface area (Å²) in [4.78, 5) is 9.44. The van der Waals surface area contributed by atoms with Crippen LogP contribution in [0.3, 0.4) is 0 Å². The molecule has 3 aromatic heterocycles. The van der Waals surface area contributed by atoms with E-state index in [-0.39, 0.29) is 0 Å². The fourth-order valence-electron chi connectivity index (χ4n) is 7.08. The standard InChI is InChI=1S/C46H28N2OS/c1-2-8-29(9-3-1)30-16-18-31(19-17-30)35-21-23-41-40(26-35)45-46(49-41)44(47-28-48-45)37-13-7-12-34(25-37)32-10-6-11-33(24-32)36-20-22-39-38-14-4-5-15-42(38)50-43(39)27-36/h1-28H. The summed E-state index contributed by atoms with van der Waals surface area (Å²) in [5.74, 6) is 0. The average Bonchev–Trinajstić information content (AvgIpc) is 3.76. The van der Waals surface area contributed by atoms with Crippen molar-refractivity contribution in [3.05, 3.63) is 170 Å². The number of hydrogen-bond acceptors (Lipinski definition) is 4. The molecule has 0 fully saturated rings. The first-order valence-corrected chi connectivity index (χ1v) is 17.5. The maximum atomic E-state index is 6.46. The Balaban J connectivity index is 0.994. The van der Waals surface area contributed by atoms with Crippen molar-refractivity contribution >= 4 is 53.6 Å². The molecule has 234 valence electrons. The minimum Gasteiger partial charge on any atom is -0.452 e. The van der Waals surface area contributed by atoms with Crippen LogP contribution in [0.1, 0.15) is 0 Å². The van der Waals surface area contributed by atoms with Crippen LogP contribution in [0.25, 0.3) is 98.0 Å². The van der Waals surface area contributed by atoms with E-state index in [9.17, 15) is 0 Å². The van der Waals surface area contributed by atoms with E-state index in [1.54, 1.807) is 6.33 Å². The van der Waals surface area contributed by atoms with Gasteiger partial charge in [-0.3, -0.25) is 0 Å². The Labute approximate surface area is 292 Å². The summed E-state index contributed by atoms with van der Waals surface area (Å²) in [5, 5.41) is 3.61. The van der Waals surface area contributed by atoms with Gasteiger partial charge in [-0.05, 0) is 80.9 Å². The quantitative estimate of drug-likeness (QED) is 0.185. The van der Waals surface area contributed by atoms with Gasteiger partial charge in [0.1, 0.15) is 23.1 Å². The van der Waals surface area contributed by atoms with Gasteiger partial charge in [0.05, 0.1) is 0 Å². The van der Waals surface area contributed by atoms with Crippen LogP contribution >= 0.6 is 11.3 Å². The van der Waals surface area contributed by atoms with Gasteiger partial charge in [-0.1, -0.05) is 127 Å². The summed E-state index contributed by atoms with van der Waals surface area (Å²) in [6, 6.07) is 58.3. The van der Waals surface area contributed by atoms with Crippen LogP contribution in [0, 0.1) is 0 Å². The molecular formula is C46H28N2OS. The first kappa shape index (κ1) is 28.6. The van der Waals surface area contributed by atoms with E-state index in [2.05, 4.69) is 152 Å². The summed E-state index contributed by atoms with van der Waals surface area (Å²) in [6.07, 6.45) is 1.64. The van der Waals surface area contributed by atoms with Crippen LogP contribution in [0.2, 0.25) is 0 Å². The van der Waals surface area contributed by atoms with E-state index < -0.39 is 0 Å². The second-order valence-electron chi connectivity index (χ2n) is 12.6. The van der Waals surface area contributed by atoms with Gasteiger partial charge in [0.25, 0.3) is 0 Å². The number of furan rings is 1. The molecule has 0 spiro atoms. The molecule has 0 aliphatic rings. The first-order valence-electron chi connectivity index (χ1n) is 16.7. The highest BCUT2D eigenvalue weighted by atomic mass is 32.1. The number of hydrogen-bond donors (Lipinski definition) is 0. The lowest BCUT2D eigenvalue weighted by Gasteiger charge is -2.09. The molecule has 0 N–H and O–H groups in total. The lowest BCUT2D eigenvalue weighted by molar-refractivity contribution is 0.667. The van der Waals surface area contributed by atoms with Crippen molar-refractivity contribution in [3.63, 3.8) is 0 Å². The van der Waals surface area contributed by atoms with Crippen molar-refractivity contribution in [1.29, 1.82) is 0 Å². The maximum Gasteiger partial charge on any atom is 0.180 e. The minimum absolute atomic E-state index is 0.696. The Kier molecular flexibility index (Phi) is 6.68. The van der Waals surface area contributed by atoms with E-state index in [0.29, 0.717) is 5.58 Å². The van der Waals surface area contributed by atoms with Crippen molar-refractivity contribution in [2.75, 3.05) is 0 Å². The number of aromatic nitrogens is 2. The van der Waals surface area contributed by atoms with Gasteiger partial charge in [0.2, 0.25) is 0 Å². The zero-order chi connectivity index (χ0) is 33.0. The molecule has 0 atom stereocenters. The molecule has 0 aliphatic heterocycles. The number of fused-ring (bicyclic) bond motifs is 6. The Hall–Kier alpha value is -6.36. The van der Waals surface area contributed by atoms with E-state index in [4.69, 9.17) is 14.4 Å². The Bertz CT molecular complexity index is 2870. The molecule has 10 aromatic rings. The van der Waals surface area contributed by atoms with Gasteiger partial charge in [-0.2, -0.15) is 0 Å². The van der Waals surface area contributed by atoms with Crippen LogP contribution in [0.4, 0.5) is 0 Å². The third-order valence-electron chi connectivity index (χ3n) is 9.62. The highest BCUT2D eigenvalue weighted by Crippen LogP contribution is 2.39. The number of thiophene rings is 1. The normalized spacial score (nSPS) is 11.6. The third-order valence-corrected chi connectivity index (χ3v) is 10.8. The zero-order valence-corrected chi connectivity index (χ0v) is 27.7. The molecule has 10 rings (SSSR count). The molecule has 3 nitrogen and oxygen atoms in total. The molecule has 0 aliphatic carbocycles. The van der Waals surface area contributed by atoms with E-state index >= 15 is 0 Å². The molecule has 3 heterocycles. The number of rotatable bonds is 5. The van der Waals surface area contributed by atoms with Crippen LogP contribution in [0.5, 0.6) is 0 Å². The summed E-state index contributed by atoms with van der Waals surface area (Å²) in [7, 11) is 0. The molecule has 0 radical (unpaired) electrons. The van der Waals surface area contributed by atoms with E-state index in [0.717, 1.165) is 50.0 Å². The van der Waals surface area contributed by atoms with Crippen molar-refractivity contribution in [2.24, 2.45) is 0 Å². The Morgan fingerprint density at radius 2 is 0.940 bits per heavy atom. The van der Waals surface area contributed by atoms with Gasteiger partial charge in [-0.25, -0.2) is 9.97 Å². The molecule has 50 heavy (non-hydrogen) atoms. The predicted molar refractivity (Wildman–Crippen MR) is 209 cm³/mol. The van der Waals surface area contributed by atoms with Gasteiger partial charge >= 0.3 is 0 Å². The van der Waals surface area contributed by atoms with Crippen LogP contribution in [-0.4, -0.2) is 9.97 Å². The smallest absolute Gasteiger partial charge is 0.180 e. The largest absolute Gasteiger partial charge is 0.452 e.